The molecule has 0 spiro atoms. The van der Waals surface area contributed by atoms with E-state index in [4.69, 9.17) is 10.9 Å². The van der Waals surface area contributed by atoms with E-state index in [0.717, 1.165) is 25.3 Å². The largest absolute Gasteiger partial charge is 0.409 e. The van der Waals surface area contributed by atoms with Crippen LogP contribution in [0.15, 0.2) is 5.16 Å². The maximum absolute atomic E-state index is 8.72. The number of nitrogens with two attached hydrogens (primary N) is 1. The summed E-state index contributed by atoms with van der Waals surface area (Å²) >= 11 is 2.03. The molecule has 0 aromatic heterocycles. The number of thioether (sulfide) groups is 1. The number of hydrogen-bond acceptors (Lipinski definition) is 4. The van der Waals surface area contributed by atoms with Crippen LogP contribution in [0.3, 0.4) is 0 Å². The first-order chi connectivity index (χ1) is 7.22. The number of amidine groups is 1. The zero-order valence-corrected chi connectivity index (χ0v) is 10.3. The van der Waals surface area contributed by atoms with Gasteiger partial charge in [-0.1, -0.05) is 19.0 Å². The third kappa shape index (κ3) is 3.28. The quantitative estimate of drug-likeness (QED) is 0.332. The van der Waals surface area contributed by atoms with Crippen LogP contribution in [0.5, 0.6) is 0 Å². The zero-order valence-electron chi connectivity index (χ0n) is 9.52. The predicted octanol–water partition coefficient (Wildman–Crippen LogP) is 1.34. The van der Waals surface area contributed by atoms with Gasteiger partial charge in [-0.3, -0.25) is 4.90 Å². The highest BCUT2D eigenvalue weighted by molar-refractivity contribution is 8.00. The lowest BCUT2D eigenvalue weighted by Crippen LogP contribution is -2.50. The Morgan fingerprint density at radius 3 is 2.93 bits per heavy atom. The van der Waals surface area contributed by atoms with Gasteiger partial charge in [0.2, 0.25) is 0 Å². The van der Waals surface area contributed by atoms with E-state index in [-0.39, 0.29) is 6.04 Å². The van der Waals surface area contributed by atoms with Gasteiger partial charge in [0.25, 0.3) is 0 Å². The van der Waals surface area contributed by atoms with Gasteiger partial charge in [0, 0.05) is 24.1 Å². The van der Waals surface area contributed by atoms with E-state index in [0.29, 0.717) is 11.1 Å². The summed E-state index contributed by atoms with van der Waals surface area (Å²) in [6.45, 7) is 6.38. The Hall–Kier alpha value is -0.420. The van der Waals surface area contributed by atoms with Gasteiger partial charge in [-0.15, -0.1) is 0 Å². The van der Waals surface area contributed by atoms with Gasteiger partial charge in [0.05, 0.1) is 6.04 Å². The van der Waals surface area contributed by atoms with Crippen molar-refractivity contribution in [2.75, 3.05) is 18.8 Å². The predicted molar refractivity (Wildman–Crippen MR) is 65.6 cm³/mol. The molecule has 4 nitrogen and oxygen atoms in total. The van der Waals surface area contributed by atoms with Crippen molar-refractivity contribution in [3.63, 3.8) is 0 Å². The summed E-state index contributed by atoms with van der Waals surface area (Å²) in [6.07, 6.45) is 2.09. The van der Waals surface area contributed by atoms with Crippen molar-refractivity contribution in [3.05, 3.63) is 0 Å². The van der Waals surface area contributed by atoms with Crippen LogP contribution in [0.1, 0.15) is 26.7 Å². The van der Waals surface area contributed by atoms with Crippen molar-refractivity contribution in [1.29, 1.82) is 0 Å². The van der Waals surface area contributed by atoms with Crippen molar-refractivity contribution < 1.29 is 5.21 Å². The topological polar surface area (TPSA) is 61.8 Å². The maximum atomic E-state index is 8.72. The molecule has 0 aromatic carbocycles. The molecule has 5 heteroatoms. The number of nitrogens with zero attached hydrogens (tertiary/aromatic N) is 2. The van der Waals surface area contributed by atoms with Gasteiger partial charge in [-0.25, -0.2) is 0 Å². The molecule has 1 aliphatic heterocycles. The smallest absolute Gasteiger partial charge is 0.156 e. The first-order valence-electron chi connectivity index (χ1n) is 5.55. The average molecular weight is 231 g/mol. The van der Waals surface area contributed by atoms with Crippen LogP contribution in [0.2, 0.25) is 0 Å². The molecule has 2 unspecified atom stereocenters. The van der Waals surface area contributed by atoms with Crippen LogP contribution < -0.4 is 5.73 Å². The van der Waals surface area contributed by atoms with Gasteiger partial charge in [-0.05, 0) is 12.8 Å². The molecule has 1 heterocycles. The van der Waals surface area contributed by atoms with E-state index in [1.165, 1.54) is 6.42 Å². The first kappa shape index (κ1) is 12.6. The molecule has 0 radical (unpaired) electrons. The highest BCUT2D eigenvalue weighted by atomic mass is 32.2. The Labute approximate surface area is 95.9 Å². The van der Waals surface area contributed by atoms with E-state index in [1.807, 2.05) is 11.8 Å². The van der Waals surface area contributed by atoms with Gasteiger partial charge < -0.3 is 10.9 Å². The number of rotatable bonds is 4. The van der Waals surface area contributed by atoms with Crippen LogP contribution in [0, 0.1) is 0 Å². The molecule has 1 saturated heterocycles. The van der Waals surface area contributed by atoms with Crippen LogP contribution in [-0.4, -0.2) is 46.1 Å². The third-order valence-electron chi connectivity index (χ3n) is 2.91. The summed E-state index contributed by atoms with van der Waals surface area (Å²) < 4.78 is 0. The third-order valence-corrected chi connectivity index (χ3v) is 4.28. The number of hydrogen-bond donors (Lipinski definition) is 2. The van der Waals surface area contributed by atoms with Crippen molar-refractivity contribution in [2.24, 2.45) is 10.9 Å². The SMILES string of the molecule is CCC1CN(C(CC)C(N)=NO)CCS1. The standard InChI is InChI=1S/C10H21N3OS/c1-3-8-7-13(5-6-15-8)9(4-2)10(11)12-14/h8-9,14H,3-7H2,1-2H3,(H2,11,12). The maximum Gasteiger partial charge on any atom is 0.156 e. The Morgan fingerprint density at radius 2 is 2.40 bits per heavy atom. The molecular weight excluding hydrogens is 210 g/mol. The fraction of sp³-hybridized carbons (Fsp3) is 0.900. The molecule has 0 aromatic rings. The second kappa shape index (κ2) is 6.23. The molecular formula is C10H21N3OS. The van der Waals surface area contributed by atoms with Crippen LogP contribution in [-0.2, 0) is 0 Å². The van der Waals surface area contributed by atoms with E-state index < -0.39 is 0 Å². The summed E-state index contributed by atoms with van der Waals surface area (Å²) in [5, 5.41) is 12.5. The first-order valence-corrected chi connectivity index (χ1v) is 6.60. The van der Waals surface area contributed by atoms with Gasteiger partial charge >= 0.3 is 0 Å². The van der Waals surface area contributed by atoms with Crippen molar-refractivity contribution >= 4 is 17.6 Å². The molecule has 1 aliphatic rings. The van der Waals surface area contributed by atoms with Gasteiger partial charge in [0.1, 0.15) is 0 Å². The molecule has 0 amide bonds. The van der Waals surface area contributed by atoms with E-state index in [9.17, 15) is 0 Å². The summed E-state index contributed by atoms with van der Waals surface area (Å²) in [7, 11) is 0. The Morgan fingerprint density at radius 1 is 1.67 bits per heavy atom. The normalized spacial score (nSPS) is 26.5. The lowest BCUT2D eigenvalue weighted by Gasteiger charge is -2.36. The van der Waals surface area contributed by atoms with Crippen molar-refractivity contribution in [2.45, 2.75) is 38.0 Å². The van der Waals surface area contributed by atoms with E-state index in [2.05, 4.69) is 23.9 Å². The summed E-state index contributed by atoms with van der Waals surface area (Å²) in [5.74, 6) is 1.49. The molecule has 1 rings (SSSR count). The Kier molecular flexibility index (Phi) is 5.25. The van der Waals surface area contributed by atoms with Crippen LogP contribution in [0.25, 0.3) is 0 Å². The molecule has 2 atom stereocenters. The van der Waals surface area contributed by atoms with E-state index >= 15 is 0 Å². The van der Waals surface area contributed by atoms with Crippen molar-refractivity contribution in [3.8, 4) is 0 Å². The molecule has 0 aliphatic carbocycles. The molecule has 0 saturated carbocycles. The van der Waals surface area contributed by atoms with Crippen LogP contribution in [0.4, 0.5) is 0 Å². The summed E-state index contributed by atoms with van der Waals surface area (Å²) in [5.41, 5.74) is 5.70. The monoisotopic (exact) mass is 231 g/mol. The Balaban J connectivity index is 2.60. The second-order valence-corrected chi connectivity index (χ2v) is 5.25. The minimum absolute atomic E-state index is 0.102. The van der Waals surface area contributed by atoms with Gasteiger partial charge in [0.15, 0.2) is 5.84 Å². The highest BCUT2D eigenvalue weighted by Crippen LogP contribution is 2.23. The minimum atomic E-state index is 0.102. The zero-order chi connectivity index (χ0) is 11.3. The van der Waals surface area contributed by atoms with E-state index in [1.54, 1.807) is 0 Å². The minimum Gasteiger partial charge on any atom is -0.409 e. The fourth-order valence-corrected chi connectivity index (χ4v) is 3.20. The second-order valence-electron chi connectivity index (χ2n) is 3.84. The number of oxime groups is 1. The summed E-state index contributed by atoms with van der Waals surface area (Å²) in [6, 6.07) is 0.102. The molecule has 3 N–H and O–H groups in total. The lowest BCUT2D eigenvalue weighted by atomic mass is 10.1. The van der Waals surface area contributed by atoms with Crippen molar-refractivity contribution in [1.82, 2.24) is 4.90 Å². The van der Waals surface area contributed by atoms with Gasteiger partial charge in [-0.2, -0.15) is 11.8 Å². The lowest BCUT2D eigenvalue weighted by molar-refractivity contribution is 0.233. The molecule has 15 heavy (non-hydrogen) atoms. The molecule has 88 valence electrons. The summed E-state index contributed by atoms with van der Waals surface area (Å²) in [4.78, 5) is 2.33. The molecule has 0 bridgehead atoms. The Bertz CT molecular complexity index is 223. The highest BCUT2D eigenvalue weighted by Gasteiger charge is 2.26. The average Bonchev–Trinajstić information content (AvgIpc) is 2.30. The fourth-order valence-electron chi connectivity index (χ4n) is 1.99. The molecule has 1 fully saturated rings. The van der Waals surface area contributed by atoms with Crippen LogP contribution >= 0.6 is 11.8 Å².